The average molecular weight is 646 g/mol. The van der Waals surface area contributed by atoms with Gasteiger partial charge < -0.3 is 24.3 Å². The lowest BCUT2D eigenvalue weighted by atomic mass is 10.0. The quantitative estimate of drug-likeness (QED) is 0.265. The topological polar surface area (TPSA) is 88.8 Å². The van der Waals surface area contributed by atoms with E-state index in [-0.39, 0.29) is 24.8 Å². The maximum atomic E-state index is 13.1. The molecule has 1 amide bonds. The summed E-state index contributed by atoms with van der Waals surface area (Å²) in [5.41, 5.74) is 3.08. The summed E-state index contributed by atoms with van der Waals surface area (Å²) >= 11 is 6.71. The molecule has 0 saturated carbocycles. The van der Waals surface area contributed by atoms with Gasteiger partial charge in [-0.2, -0.15) is 15.2 Å². The van der Waals surface area contributed by atoms with E-state index in [4.69, 9.17) is 26.3 Å². The molecule has 0 bridgehead atoms. The van der Waals surface area contributed by atoms with Crippen LogP contribution in [0.3, 0.4) is 0 Å². The number of halogens is 2. The highest BCUT2D eigenvalue weighted by Crippen LogP contribution is 2.37. The molecule has 242 valence electrons. The number of ether oxygens (including phenoxy) is 1. The third kappa shape index (κ3) is 6.91. The summed E-state index contributed by atoms with van der Waals surface area (Å²) in [5.74, 6) is 0.780. The van der Waals surface area contributed by atoms with Gasteiger partial charge in [-0.3, -0.25) is 9.18 Å². The summed E-state index contributed by atoms with van der Waals surface area (Å²) in [4.78, 5) is 31.7. The van der Waals surface area contributed by atoms with Crippen LogP contribution in [-0.2, 0) is 17.8 Å². The van der Waals surface area contributed by atoms with Crippen LogP contribution in [-0.4, -0.2) is 90.8 Å². The predicted molar refractivity (Wildman–Crippen MR) is 179 cm³/mol. The first kappa shape index (κ1) is 32.0. The Morgan fingerprint density at radius 2 is 1.96 bits per heavy atom. The lowest BCUT2D eigenvalue weighted by Crippen LogP contribution is -2.55. The Morgan fingerprint density at radius 1 is 1.11 bits per heavy atom. The van der Waals surface area contributed by atoms with Crippen LogP contribution in [0.1, 0.15) is 43.4 Å². The van der Waals surface area contributed by atoms with Crippen molar-refractivity contribution in [1.82, 2.24) is 19.8 Å². The van der Waals surface area contributed by atoms with Crippen molar-refractivity contribution in [2.45, 2.75) is 57.2 Å². The van der Waals surface area contributed by atoms with Gasteiger partial charge in [0.25, 0.3) is 0 Å². The van der Waals surface area contributed by atoms with Gasteiger partial charge in [0.2, 0.25) is 5.91 Å². The molecule has 0 radical (unpaired) electrons. The first-order valence-electron chi connectivity index (χ1n) is 16.2. The molecule has 9 nitrogen and oxygen atoms in total. The van der Waals surface area contributed by atoms with Gasteiger partial charge in [0.1, 0.15) is 12.4 Å². The Bertz CT molecular complexity index is 1620. The van der Waals surface area contributed by atoms with Crippen molar-refractivity contribution in [3.05, 3.63) is 64.8 Å². The molecular formula is C35H41ClFN7O2. The number of allylic oxidation sites excluding steroid dienone is 1. The maximum Gasteiger partial charge on any atom is 0.318 e. The van der Waals surface area contributed by atoms with Crippen molar-refractivity contribution in [2.75, 3.05) is 62.9 Å². The van der Waals surface area contributed by atoms with Gasteiger partial charge in [-0.05, 0) is 56.8 Å². The molecule has 4 heterocycles. The Labute approximate surface area is 275 Å². The molecule has 46 heavy (non-hydrogen) atoms. The fraction of sp³-hybridized carbons (Fsp3) is 0.486. The normalized spacial score (nSPS) is 20.3. The predicted octanol–water partition coefficient (Wildman–Crippen LogP) is 5.56. The number of piperazine rings is 1. The molecule has 6 rings (SSSR count). The number of aromatic nitrogens is 2. The number of likely N-dealkylation sites (tertiary alicyclic amines) is 1. The van der Waals surface area contributed by atoms with E-state index in [1.54, 1.807) is 17.1 Å². The van der Waals surface area contributed by atoms with E-state index in [0.29, 0.717) is 51.3 Å². The van der Waals surface area contributed by atoms with E-state index >= 15 is 0 Å². The van der Waals surface area contributed by atoms with E-state index in [1.807, 2.05) is 12.1 Å². The lowest BCUT2D eigenvalue weighted by molar-refractivity contribution is -0.132. The zero-order chi connectivity index (χ0) is 32.0. The SMILES string of the molecule is CN1CCC[C@@H]1COc1nc2c(c(N3CCN(C(=O)C/C=C/CCF)[C@@H](CC#N)C3)n1)CCN(c1cccc3cccc(Cl)c13)C2. The second kappa shape index (κ2) is 14.7. The highest BCUT2D eigenvalue weighted by Gasteiger charge is 2.34. The number of carbonyl (C=O) groups is 1. The van der Waals surface area contributed by atoms with E-state index in [0.717, 1.165) is 70.9 Å². The standard InChI is InChI=1S/C35H41ClFN7O2/c1-41-18-7-10-27(41)24-46-35-39-30-23-42(31-12-6-9-25-8-5-11-29(36)33(25)31)19-15-28(30)34(40-35)43-20-21-44(26(22-43)14-17-38)32(45)13-3-2-4-16-37/h2-3,5-6,8-9,11-12,26-27H,4,7,10,13-16,18-24H2,1H3/b3-2+/t26-,27+/m0/s1. The minimum absolute atomic E-state index is 0.0474. The highest BCUT2D eigenvalue weighted by atomic mass is 35.5. The largest absolute Gasteiger partial charge is 0.462 e. The van der Waals surface area contributed by atoms with Crippen LogP contribution in [0.4, 0.5) is 15.9 Å². The third-order valence-corrected chi connectivity index (χ3v) is 9.75. The van der Waals surface area contributed by atoms with Gasteiger partial charge in [-0.1, -0.05) is 48.0 Å². The van der Waals surface area contributed by atoms with Gasteiger partial charge in [-0.25, -0.2) is 0 Å². The van der Waals surface area contributed by atoms with Gasteiger partial charge in [0.15, 0.2) is 0 Å². The van der Waals surface area contributed by atoms with Crippen molar-refractivity contribution in [3.63, 3.8) is 0 Å². The molecule has 2 atom stereocenters. The fourth-order valence-corrected chi connectivity index (χ4v) is 7.24. The third-order valence-electron chi connectivity index (χ3n) is 9.44. The second-order valence-corrected chi connectivity index (χ2v) is 12.7. The van der Waals surface area contributed by atoms with Crippen molar-refractivity contribution in [2.24, 2.45) is 0 Å². The molecule has 2 aromatic carbocycles. The van der Waals surface area contributed by atoms with Crippen LogP contribution < -0.4 is 14.5 Å². The molecular weight excluding hydrogens is 605 g/mol. The zero-order valence-electron chi connectivity index (χ0n) is 26.4. The summed E-state index contributed by atoms with van der Waals surface area (Å²) in [6, 6.07) is 14.9. The Kier molecular flexibility index (Phi) is 10.2. The number of fused-ring (bicyclic) bond motifs is 2. The number of alkyl halides is 1. The molecule has 3 aromatic rings. The summed E-state index contributed by atoms with van der Waals surface area (Å²) < 4.78 is 18.8. The number of nitrogens with zero attached hydrogens (tertiary/aromatic N) is 7. The minimum Gasteiger partial charge on any atom is -0.462 e. The molecule has 0 unspecified atom stereocenters. The number of hydrogen-bond donors (Lipinski definition) is 0. The van der Waals surface area contributed by atoms with E-state index in [1.165, 1.54) is 0 Å². The first-order valence-corrected chi connectivity index (χ1v) is 16.6. The summed E-state index contributed by atoms with van der Waals surface area (Å²) in [6.45, 7) is 4.04. The smallest absolute Gasteiger partial charge is 0.318 e. The summed E-state index contributed by atoms with van der Waals surface area (Å²) in [7, 11) is 2.13. The van der Waals surface area contributed by atoms with Gasteiger partial charge in [0, 0.05) is 55.3 Å². The number of likely N-dealkylation sites (N-methyl/N-ethyl adjacent to an activating group) is 1. The molecule has 2 saturated heterocycles. The number of amides is 1. The Morgan fingerprint density at radius 3 is 2.74 bits per heavy atom. The van der Waals surface area contributed by atoms with Crippen LogP contribution in [0.2, 0.25) is 5.02 Å². The van der Waals surface area contributed by atoms with Gasteiger partial charge in [0.05, 0.1) is 42.5 Å². The minimum atomic E-state index is -0.444. The second-order valence-electron chi connectivity index (χ2n) is 12.3. The average Bonchev–Trinajstić information content (AvgIpc) is 3.49. The van der Waals surface area contributed by atoms with Gasteiger partial charge in [-0.15, -0.1) is 0 Å². The van der Waals surface area contributed by atoms with Crippen LogP contribution in [0.5, 0.6) is 6.01 Å². The monoisotopic (exact) mass is 645 g/mol. The number of anilines is 2. The van der Waals surface area contributed by atoms with E-state index in [2.05, 4.69) is 52.1 Å². The molecule has 1 aromatic heterocycles. The highest BCUT2D eigenvalue weighted by molar-refractivity contribution is 6.36. The van der Waals surface area contributed by atoms with Crippen molar-refractivity contribution < 1.29 is 13.9 Å². The summed E-state index contributed by atoms with van der Waals surface area (Å²) in [5, 5.41) is 12.5. The molecule has 0 aliphatic carbocycles. The molecule has 0 N–H and O–H groups in total. The molecule has 11 heteroatoms. The zero-order valence-corrected chi connectivity index (χ0v) is 27.1. The fourth-order valence-electron chi connectivity index (χ4n) is 6.96. The van der Waals surface area contributed by atoms with Gasteiger partial charge >= 0.3 is 6.01 Å². The lowest BCUT2D eigenvalue weighted by Gasteiger charge is -2.42. The number of rotatable bonds is 10. The van der Waals surface area contributed by atoms with E-state index in [9.17, 15) is 14.4 Å². The van der Waals surface area contributed by atoms with E-state index < -0.39 is 6.67 Å². The number of hydrogen-bond acceptors (Lipinski definition) is 8. The van der Waals surface area contributed by atoms with Crippen molar-refractivity contribution >= 4 is 39.8 Å². The number of carbonyl (C=O) groups excluding carboxylic acids is 1. The van der Waals surface area contributed by atoms with Crippen molar-refractivity contribution in [3.8, 4) is 12.1 Å². The Balaban J connectivity index is 1.29. The molecule has 3 aliphatic rings. The number of nitriles is 1. The van der Waals surface area contributed by atoms with Crippen LogP contribution in [0.25, 0.3) is 10.8 Å². The molecule has 2 fully saturated rings. The number of benzene rings is 2. The summed E-state index contributed by atoms with van der Waals surface area (Å²) in [6.07, 6.45) is 7.10. The Hall–Kier alpha value is -3.94. The van der Waals surface area contributed by atoms with Crippen LogP contribution >= 0.6 is 11.6 Å². The van der Waals surface area contributed by atoms with Crippen LogP contribution in [0, 0.1) is 11.3 Å². The van der Waals surface area contributed by atoms with Crippen LogP contribution in [0.15, 0.2) is 48.6 Å². The van der Waals surface area contributed by atoms with Crippen molar-refractivity contribution in [1.29, 1.82) is 5.26 Å². The molecule has 0 spiro atoms. The molecule has 3 aliphatic heterocycles. The first-order chi connectivity index (χ1) is 22.5. The maximum absolute atomic E-state index is 13.1.